The van der Waals surface area contributed by atoms with Crippen LogP contribution >= 0.6 is 15.6 Å². The number of carbonyl (C=O) groups is 2. The lowest BCUT2D eigenvalue weighted by atomic mass is 10.5. The Morgan fingerprint density at radius 3 is 1.24 bits per heavy atom. The first-order chi connectivity index (χ1) is 9.41. The molecule has 0 aromatic rings. The van der Waals surface area contributed by atoms with Gasteiger partial charge in [-0.2, -0.15) is 4.31 Å². The van der Waals surface area contributed by atoms with E-state index in [1.807, 2.05) is 0 Å². The molecule has 0 amide bonds. The van der Waals surface area contributed by atoms with Gasteiger partial charge in [0, 0.05) is 12.2 Å². The first-order valence-corrected chi connectivity index (χ1v) is 7.53. The number of hydrogen-bond donors (Lipinski definition) is 6. The van der Waals surface area contributed by atoms with E-state index < -0.39 is 41.2 Å². The van der Waals surface area contributed by atoms with Gasteiger partial charge in [-0.3, -0.25) is 0 Å². The van der Waals surface area contributed by atoms with Crippen molar-refractivity contribution in [3.63, 3.8) is 0 Å². The van der Waals surface area contributed by atoms with E-state index in [0.29, 0.717) is 0 Å². The molecule has 0 saturated heterocycles. The highest BCUT2D eigenvalue weighted by molar-refractivity contribution is 7.60. The fourth-order valence-electron chi connectivity index (χ4n) is 0.498. The second-order valence-electron chi connectivity index (χ2n) is 2.58. The van der Waals surface area contributed by atoms with Crippen LogP contribution in [0.2, 0.25) is 0 Å². The summed E-state index contributed by atoms with van der Waals surface area (Å²) < 4.78 is 30.3. The number of hydrogen-bond acceptors (Lipinski definition) is 9. The van der Waals surface area contributed by atoms with E-state index in [9.17, 15) is 18.7 Å². The molecule has 0 rings (SSSR count). The second-order valence-corrected chi connectivity index (χ2v) is 5.20. The average Bonchev–Trinajstić information content (AvgIpc) is 2.23. The summed E-state index contributed by atoms with van der Waals surface area (Å²) in [5.41, 5.74) is 0. The number of ether oxygens (including phenoxy) is 2. The van der Waals surface area contributed by atoms with Crippen LogP contribution in [0.5, 0.6) is 0 Å². The van der Waals surface area contributed by atoms with Crippen molar-refractivity contribution in [1.82, 2.24) is 0 Å². The molecule has 0 bridgehead atoms. The molecule has 0 fully saturated rings. The summed E-state index contributed by atoms with van der Waals surface area (Å²) in [6.07, 6.45) is 1.54. The topological polar surface area (TPSA) is 217 Å². The molecule has 13 nitrogen and oxygen atoms in total. The Morgan fingerprint density at radius 1 is 0.810 bits per heavy atom. The van der Waals surface area contributed by atoms with E-state index in [0.717, 1.165) is 12.2 Å². The van der Waals surface area contributed by atoms with Gasteiger partial charge in [0.05, 0.1) is 0 Å². The van der Waals surface area contributed by atoms with E-state index >= 15 is 0 Å². The number of aliphatic hydroxyl groups excluding tert-OH is 2. The zero-order valence-corrected chi connectivity index (χ0v) is 11.8. The lowest BCUT2D eigenvalue weighted by molar-refractivity contribution is -0.148. The van der Waals surface area contributed by atoms with Crippen LogP contribution in [0.1, 0.15) is 0 Å². The summed E-state index contributed by atoms with van der Waals surface area (Å²) in [5.74, 6) is -1.74. The maximum Gasteiger partial charge on any atom is 0.478 e. The van der Waals surface area contributed by atoms with Crippen molar-refractivity contribution in [3.05, 3.63) is 12.2 Å². The van der Waals surface area contributed by atoms with Crippen LogP contribution in [0.25, 0.3) is 0 Å². The minimum Gasteiger partial charge on any atom is -0.436 e. The fourth-order valence-corrected chi connectivity index (χ4v) is 1.61. The summed E-state index contributed by atoms with van der Waals surface area (Å²) in [7, 11) is -10.1. The summed E-state index contributed by atoms with van der Waals surface area (Å²) in [6.45, 7) is -1.50. The number of esters is 2. The van der Waals surface area contributed by atoms with Crippen molar-refractivity contribution in [1.29, 1.82) is 0 Å². The highest BCUT2D eigenvalue weighted by atomic mass is 31.3. The molecule has 0 saturated carbocycles. The average molecular weight is 354 g/mol. The highest BCUT2D eigenvalue weighted by Crippen LogP contribution is 2.53. The van der Waals surface area contributed by atoms with Gasteiger partial charge in [0.2, 0.25) is 0 Å². The van der Waals surface area contributed by atoms with E-state index in [1.54, 1.807) is 0 Å². The summed E-state index contributed by atoms with van der Waals surface area (Å²) >= 11 is 0. The molecule has 0 aromatic heterocycles. The van der Waals surface area contributed by atoms with E-state index in [2.05, 4.69) is 13.8 Å². The number of phosphoric acid groups is 2. The molecule has 0 heterocycles. The minimum absolute atomic E-state index is 0.752. The second kappa shape index (κ2) is 10.6. The predicted molar refractivity (Wildman–Crippen MR) is 60.7 cm³/mol. The SMILES string of the molecule is O=C(/C=C/C(=O)OCO)OCO.O=P(O)(O)OP(=O)(O)O. The van der Waals surface area contributed by atoms with Crippen LogP contribution < -0.4 is 0 Å². The molecule has 6 N–H and O–H groups in total. The lowest BCUT2D eigenvalue weighted by Crippen LogP contribution is -2.05. The molecule has 0 aliphatic heterocycles. The maximum absolute atomic E-state index is 10.4. The maximum atomic E-state index is 10.4. The van der Waals surface area contributed by atoms with Crippen molar-refractivity contribution in [2.45, 2.75) is 0 Å². The van der Waals surface area contributed by atoms with Crippen LogP contribution in [0.4, 0.5) is 0 Å². The monoisotopic (exact) mass is 354 g/mol. The van der Waals surface area contributed by atoms with Crippen LogP contribution in [0.15, 0.2) is 12.2 Å². The van der Waals surface area contributed by atoms with Crippen LogP contribution in [-0.4, -0.2) is 55.3 Å². The third-order valence-corrected chi connectivity index (χ3v) is 2.68. The molecule has 0 spiro atoms. The van der Waals surface area contributed by atoms with Gasteiger partial charge >= 0.3 is 27.6 Å². The van der Waals surface area contributed by atoms with Crippen LogP contribution in [0, 0.1) is 0 Å². The van der Waals surface area contributed by atoms with Crippen LogP contribution in [-0.2, 0) is 32.5 Å². The van der Waals surface area contributed by atoms with Gasteiger partial charge in [-0.15, -0.1) is 0 Å². The Balaban J connectivity index is 0. The smallest absolute Gasteiger partial charge is 0.436 e. The normalized spacial score (nSPS) is 11.5. The Hall–Kier alpha value is -1.14. The standard InChI is InChI=1S/C6H8O6.H4O7P2/c7-3-11-5(9)1-2-6(10)12-4-8;1-8(2,3)7-9(4,5)6/h1-2,7-8H,3-4H2;(H2,1,2,3)(H2,4,5,6)/b2-1+;. The zero-order chi connectivity index (χ0) is 17.1. The summed E-state index contributed by atoms with van der Waals surface area (Å²) in [4.78, 5) is 51.8. The molecule has 124 valence electrons. The molecule has 0 aliphatic rings. The third kappa shape index (κ3) is 21.3. The summed E-state index contributed by atoms with van der Waals surface area (Å²) in [6, 6.07) is 0. The Kier molecular flexibility index (Phi) is 11.1. The van der Waals surface area contributed by atoms with Gasteiger partial charge in [0.15, 0.2) is 13.6 Å². The van der Waals surface area contributed by atoms with Gasteiger partial charge in [-0.05, 0) is 0 Å². The zero-order valence-electron chi connectivity index (χ0n) is 10.0. The van der Waals surface area contributed by atoms with Crippen molar-refractivity contribution >= 4 is 27.6 Å². The van der Waals surface area contributed by atoms with Gasteiger partial charge in [0.25, 0.3) is 0 Å². The summed E-state index contributed by atoms with van der Waals surface area (Å²) in [5, 5.41) is 16.1. The molecule has 0 aliphatic carbocycles. The Morgan fingerprint density at radius 2 is 1.10 bits per heavy atom. The molecular formula is C6H12O13P2. The van der Waals surface area contributed by atoms with Crippen LogP contribution in [0.3, 0.4) is 0 Å². The lowest BCUT2D eigenvalue weighted by Gasteiger charge is -2.03. The molecule has 0 aromatic carbocycles. The number of rotatable bonds is 6. The van der Waals surface area contributed by atoms with Gasteiger partial charge < -0.3 is 39.3 Å². The molecule has 15 heteroatoms. The molecule has 0 atom stereocenters. The van der Waals surface area contributed by atoms with Crippen molar-refractivity contribution in [2.75, 3.05) is 13.6 Å². The highest BCUT2D eigenvalue weighted by Gasteiger charge is 2.27. The van der Waals surface area contributed by atoms with E-state index in [-0.39, 0.29) is 0 Å². The minimum atomic E-state index is -5.05. The predicted octanol–water partition coefficient (Wildman–Crippen LogP) is -2.28. The number of carbonyl (C=O) groups excluding carboxylic acids is 2. The van der Waals surface area contributed by atoms with Crippen molar-refractivity contribution in [3.8, 4) is 0 Å². The first kappa shape index (κ1) is 22.1. The van der Waals surface area contributed by atoms with Crippen molar-refractivity contribution < 1.29 is 62.3 Å². The Bertz CT molecular complexity index is 404. The van der Waals surface area contributed by atoms with Gasteiger partial charge in [-0.25, -0.2) is 18.7 Å². The molecule has 21 heavy (non-hydrogen) atoms. The number of aliphatic hydroxyl groups is 2. The largest absolute Gasteiger partial charge is 0.478 e. The van der Waals surface area contributed by atoms with Crippen molar-refractivity contribution in [2.24, 2.45) is 0 Å². The fraction of sp³-hybridized carbons (Fsp3) is 0.333. The van der Waals surface area contributed by atoms with Gasteiger partial charge in [0.1, 0.15) is 0 Å². The molecule has 0 unspecified atom stereocenters. The third-order valence-electron chi connectivity index (χ3n) is 0.982. The van der Waals surface area contributed by atoms with Gasteiger partial charge in [-0.1, -0.05) is 0 Å². The Labute approximate surface area is 116 Å². The molecular weight excluding hydrogens is 342 g/mol. The molecule has 0 radical (unpaired) electrons. The quantitative estimate of drug-likeness (QED) is 0.128. The van der Waals surface area contributed by atoms with E-state index in [1.165, 1.54) is 0 Å². The first-order valence-electron chi connectivity index (χ1n) is 4.47. The van der Waals surface area contributed by atoms with E-state index in [4.69, 9.17) is 29.8 Å².